The van der Waals surface area contributed by atoms with Crippen molar-refractivity contribution < 1.29 is 5.11 Å². The molecule has 1 heterocycles. The van der Waals surface area contributed by atoms with Crippen molar-refractivity contribution in [1.82, 2.24) is 5.32 Å². The zero-order valence-electron chi connectivity index (χ0n) is 7.75. The molecule has 1 rings (SSSR count). The van der Waals surface area contributed by atoms with Gasteiger partial charge < -0.3 is 10.4 Å². The maximum Gasteiger partial charge on any atom is 0.0468 e. The number of aliphatic hydroxyl groups is 1. The second-order valence-corrected chi connectivity index (χ2v) is 4.83. The smallest absolute Gasteiger partial charge is 0.0468 e. The number of hydrogen-bond acceptors (Lipinski definition) is 3. The summed E-state index contributed by atoms with van der Waals surface area (Å²) in [6.07, 6.45) is 1.37. The van der Waals surface area contributed by atoms with Crippen molar-refractivity contribution in [2.45, 2.75) is 13.3 Å². The van der Waals surface area contributed by atoms with Gasteiger partial charge in [-0.15, -0.1) is 0 Å². The van der Waals surface area contributed by atoms with Crippen LogP contribution in [0.25, 0.3) is 0 Å². The Labute approximate surface area is 79.1 Å². The first kappa shape index (κ1) is 10.4. The molecule has 0 bridgehead atoms. The summed E-state index contributed by atoms with van der Waals surface area (Å²) in [5.41, 5.74) is 0. The molecule has 2 atom stereocenters. The molecule has 0 radical (unpaired) electrons. The van der Waals surface area contributed by atoms with E-state index in [-0.39, 0.29) is 0 Å². The highest BCUT2D eigenvalue weighted by Crippen LogP contribution is 2.22. The summed E-state index contributed by atoms with van der Waals surface area (Å²) in [7, 11) is 0. The number of rotatable bonds is 5. The van der Waals surface area contributed by atoms with Crippen molar-refractivity contribution in [2.24, 2.45) is 11.8 Å². The van der Waals surface area contributed by atoms with E-state index in [1.165, 1.54) is 17.9 Å². The zero-order chi connectivity index (χ0) is 8.81. The first-order valence-electron chi connectivity index (χ1n) is 4.72. The molecule has 0 saturated carbocycles. The molecule has 72 valence electrons. The molecular formula is C9H19NOS. The fourth-order valence-electron chi connectivity index (χ4n) is 1.34. The summed E-state index contributed by atoms with van der Waals surface area (Å²) in [5.74, 6) is 3.93. The van der Waals surface area contributed by atoms with E-state index < -0.39 is 0 Å². The van der Waals surface area contributed by atoms with Crippen LogP contribution in [0.4, 0.5) is 0 Å². The summed E-state index contributed by atoms with van der Waals surface area (Å²) < 4.78 is 0. The van der Waals surface area contributed by atoms with Gasteiger partial charge in [-0.1, -0.05) is 6.92 Å². The largest absolute Gasteiger partial charge is 0.396 e. The number of nitrogens with one attached hydrogen (secondary N) is 1. The fourth-order valence-corrected chi connectivity index (χ4v) is 2.63. The Morgan fingerprint density at radius 3 is 3.08 bits per heavy atom. The fraction of sp³-hybridized carbons (Fsp3) is 1.00. The van der Waals surface area contributed by atoms with Crippen LogP contribution in [0, 0.1) is 11.8 Å². The Bertz CT molecular complexity index is 115. The van der Waals surface area contributed by atoms with Gasteiger partial charge in [-0.05, 0) is 42.9 Å². The van der Waals surface area contributed by atoms with Gasteiger partial charge in [0, 0.05) is 6.61 Å². The molecule has 0 aromatic heterocycles. The Balaban J connectivity index is 1.94. The lowest BCUT2D eigenvalue weighted by atomic mass is 10.1. The van der Waals surface area contributed by atoms with Crippen molar-refractivity contribution in [3.63, 3.8) is 0 Å². The summed E-state index contributed by atoms with van der Waals surface area (Å²) in [6, 6.07) is 0. The van der Waals surface area contributed by atoms with Crippen LogP contribution in [0.5, 0.6) is 0 Å². The average Bonchev–Trinajstić information content (AvgIpc) is 2.57. The second-order valence-electron chi connectivity index (χ2n) is 3.68. The Morgan fingerprint density at radius 2 is 2.50 bits per heavy atom. The van der Waals surface area contributed by atoms with Gasteiger partial charge in [0.1, 0.15) is 0 Å². The van der Waals surface area contributed by atoms with E-state index in [1.807, 2.05) is 0 Å². The van der Waals surface area contributed by atoms with Crippen LogP contribution in [-0.4, -0.2) is 36.3 Å². The van der Waals surface area contributed by atoms with Crippen LogP contribution >= 0.6 is 11.8 Å². The summed E-state index contributed by atoms with van der Waals surface area (Å²) >= 11 is 2.06. The molecule has 0 aromatic rings. The maximum atomic E-state index is 8.78. The minimum absolute atomic E-state index is 0.298. The number of hydrogen-bond donors (Lipinski definition) is 2. The van der Waals surface area contributed by atoms with Crippen LogP contribution in [0.1, 0.15) is 13.3 Å². The van der Waals surface area contributed by atoms with Crippen molar-refractivity contribution >= 4 is 11.8 Å². The second kappa shape index (κ2) is 5.84. The molecule has 1 aliphatic heterocycles. The lowest BCUT2D eigenvalue weighted by Crippen LogP contribution is -2.28. The molecule has 0 aromatic carbocycles. The van der Waals surface area contributed by atoms with Gasteiger partial charge in [-0.3, -0.25) is 0 Å². The summed E-state index contributed by atoms with van der Waals surface area (Å²) in [4.78, 5) is 0. The highest BCUT2D eigenvalue weighted by molar-refractivity contribution is 7.99. The average molecular weight is 189 g/mol. The van der Waals surface area contributed by atoms with E-state index >= 15 is 0 Å². The summed E-state index contributed by atoms with van der Waals surface area (Å²) in [5, 5.41) is 12.2. The minimum atomic E-state index is 0.298. The predicted molar refractivity (Wildman–Crippen MR) is 54.6 cm³/mol. The summed E-state index contributed by atoms with van der Waals surface area (Å²) in [6.45, 7) is 4.46. The van der Waals surface area contributed by atoms with Gasteiger partial charge in [0.25, 0.3) is 0 Å². The van der Waals surface area contributed by atoms with Gasteiger partial charge in [0.2, 0.25) is 0 Å². The van der Waals surface area contributed by atoms with Crippen LogP contribution < -0.4 is 5.32 Å². The van der Waals surface area contributed by atoms with Crippen LogP contribution in [0.15, 0.2) is 0 Å². The van der Waals surface area contributed by atoms with Crippen LogP contribution in [0.3, 0.4) is 0 Å². The molecule has 1 fully saturated rings. The van der Waals surface area contributed by atoms with Crippen LogP contribution in [0.2, 0.25) is 0 Å². The predicted octanol–water partition coefficient (Wildman–Crippen LogP) is 0.957. The third kappa shape index (κ3) is 3.78. The standard InChI is InChI=1S/C9H19NOS/c1-8(6-11)4-10-5-9-2-3-12-7-9/h8-11H,2-7H2,1H3. The lowest BCUT2D eigenvalue weighted by Gasteiger charge is -2.12. The topological polar surface area (TPSA) is 32.3 Å². The van der Waals surface area contributed by atoms with E-state index in [2.05, 4.69) is 24.0 Å². The van der Waals surface area contributed by atoms with E-state index in [9.17, 15) is 0 Å². The molecule has 1 saturated heterocycles. The third-order valence-corrected chi connectivity index (χ3v) is 3.49. The monoisotopic (exact) mass is 189 g/mol. The number of aliphatic hydroxyl groups excluding tert-OH is 1. The van der Waals surface area contributed by atoms with Gasteiger partial charge >= 0.3 is 0 Å². The lowest BCUT2D eigenvalue weighted by molar-refractivity contribution is 0.232. The van der Waals surface area contributed by atoms with Crippen molar-refractivity contribution in [3.8, 4) is 0 Å². The molecular weight excluding hydrogens is 170 g/mol. The van der Waals surface area contributed by atoms with Gasteiger partial charge in [0.05, 0.1) is 0 Å². The van der Waals surface area contributed by atoms with E-state index in [0.29, 0.717) is 12.5 Å². The molecule has 1 aliphatic rings. The molecule has 2 unspecified atom stereocenters. The Kier molecular flexibility index (Phi) is 5.04. The van der Waals surface area contributed by atoms with Crippen molar-refractivity contribution in [2.75, 3.05) is 31.2 Å². The molecule has 0 spiro atoms. The normalized spacial score (nSPS) is 26.0. The highest BCUT2D eigenvalue weighted by Gasteiger charge is 2.14. The van der Waals surface area contributed by atoms with Gasteiger partial charge in [0.15, 0.2) is 0 Å². The third-order valence-electron chi connectivity index (χ3n) is 2.26. The molecule has 12 heavy (non-hydrogen) atoms. The molecule has 2 nitrogen and oxygen atoms in total. The van der Waals surface area contributed by atoms with E-state index in [0.717, 1.165) is 19.0 Å². The van der Waals surface area contributed by atoms with Gasteiger partial charge in [-0.2, -0.15) is 11.8 Å². The molecule has 3 heteroatoms. The zero-order valence-corrected chi connectivity index (χ0v) is 8.57. The molecule has 0 amide bonds. The molecule has 0 aliphatic carbocycles. The first-order chi connectivity index (χ1) is 5.83. The molecule has 2 N–H and O–H groups in total. The van der Waals surface area contributed by atoms with E-state index in [4.69, 9.17) is 5.11 Å². The Morgan fingerprint density at radius 1 is 1.67 bits per heavy atom. The maximum absolute atomic E-state index is 8.78. The SMILES string of the molecule is CC(CO)CNCC1CCSC1. The quantitative estimate of drug-likeness (QED) is 0.675. The van der Waals surface area contributed by atoms with Gasteiger partial charge in [-0.25, -0.2) is 0 Å². The first-order valence-corrected chi connectivity index (χ1v) is 5.87. The Hall–Kier alpha value is 0.270. The van der Waals surface area contributed by atoms with Crippen molar-refractivity contribution in [1.29, 1.82) is 0 Å². The highest BCUT2D eigenvalue weighted by atomic mass is 32.2. The van der Waals surface area contributed by atoms with E-state index in [1.54, 1.807) is 0 Å². The number of thioether (sulfide) groups is 1. The van der Waals surface area contributed by atoms with Crippen molar-refractivity contribution in [3.05, 3.63) is 0 Å². The van der Waals surface area contributed by atoms with Crippen LogP contribution in [-0.2, 0) is 0 Å². The minimum Gasteiger partial charge on any atom is -0.396 e.